The van der Waals surface area contributed by atoms with Gasteiger partial charge in [-0.1, -0.05) is 12.1 Å². The number of carbonyl (C=O) groups excluding carboxylic acids is 2. The molecule has 34 heavy (non-hydrogen) atoms. The lowest BCUT2D eigenvalue weighted by molar-refractivity contribution is -0.116. The molecule has 2 amide bonds. The highest BCUT2D eigenvalue weighted by Crippen LogP contribution is 2.23. The van der Waals surface area contributed by atoms with Crippen LogP contribution in [-0.4, -0.2) is 28.2 Å². The number of amides is 2. The first-order valence-corrected chi connectivity index (χ1v) is 11.5. The Labute approximate surface area is 200 Å². The Morgan fingerprint density at radius 1 is 1.09 bits per heavy atom. The number of halogens is 1. The average molecular weight is 479 g/mol. The highest BCUT2D eigenvalue weighted by molar-refractivity contribution is 7.14. The number of anilines is 3. The zero-order valence-electron chi connectivity index (χ0n) is 18.5. The van der Waals surface area contributed by atoms with Gasteiger partial charge in [-0.15, -0.1) is 11.3 Å². The number of carbonyl (C=O) groups is 2. The molecular weight excluding hydrogens is 455 g/mol. The van der Waals surface area contributed by atoms with Crippen LogP contribution < -0.4 is 10.6 Å². The summed E-state index contributed by atoms with van der Waals surface area (Å²) in [7, 11) is 0. The molecule has 0 atom stereocenters. The molecule has 2 heterocycles. The van der Waals surface area contributed by atoms with Gasteiger partial charge in [-0.05, 0) is 61.0 Å². The SMILES string of the molecule is Cc1cccc(Nc2nc(C(=O)N(CCC(=O)Nc3ccc(F)cc3)Cc3ccco3)cs2)c1. The van der Waals surface area contributed by atoms with Crippen LogP contribution in [0.4, 0.5) is 20.9 Å². The molecule has 0 aliphatic heterocycles. The summed E-state index contributed by atoms with van der Waals surface area (Å²) in [5.41, 5.74) is 2.77. The van der Waals surface area contributed by atoms with Gasteiger partial charge >= 0.3 is 0 Å². The Morgan fingerprint density at radius 3 is 2.65 bits per heavy atom. The van der Waals surface area contributed by atoms with E-state index in [1.54, 1.807) is 17.5 Å². The van der Waals surface area contributed by atoms with Crippen LogP contribution in [0, 0.1) is 12.7 Å². The number of hydrogen-bond donors (Lipinski definition) is 2. The number of aromatic nitrogens is 1. The van der Waals surface area contributed by atoms with E-state index in [0.29, 0.717) is 16.6 Å². The highest BCUT2D eigenvalue weighted by Gasteiger charge is 2.21. The maximum absolute atomic E-state index is 13.2. The Bertz CT molecular complexity index is 1260. The van der Waals surface area contributed by atoms with Crippen LogP contribution in [-0.2, 0) is 11.3 Å². The molecule has 0 spiro atoms. The zero-order valence-corrected chi connectivity index (χ0v) is 19.3. The van der Waals surface area contributed by atoms with Crippen molar-refractivity contribution in [3.8, 4) is 0 Å². The van der Waals surface area contributed by atoms with Crippen molar-refractivity contribution in [1.82, 2.24) is 9.88 Å². The van der Waals surface area contributed by atoms with E-state index in [-0.39, 0.29) is 42.8 Å². The van der Waals surface area contributed by atoms with E-state index in [0.717, 1.165) is 11.3 Å². The van der Waals surface area contributed by atoms with Crippen molar-refractivity contribution in [2.45, 2.75) is 19.9 Å². The molecule has 2 N–H and O–H groups in total. The lowest BCUT2D eigenvalue weighted by Gasteiger charge is -2.20. The minimum Gasteiger partial charge on any atom is -0.467 e. The molecule has 4 aromatic rings. The summed E-state index contributed by atoms with van der Waals surface area (Å²) in [5, 5.41) is 8.21. The van der Waals surface area contributed by atoms with Gasteiger partial charge in [-0.25, -0.2) is 9.37 Å². The fraction of sp³-hybridized carbons (Fsp3) is 0.160. The summed E-state index contributed by atoms with van der Waals surface area (Å²) in [6, 6.07) is 16.9. The molecule has 0 saturated carbocycles. The molecule has 0 unspecified atom stereocenters. The van der Waals surface area contributed by atoms with Gasteiger partial charge in [0, 0.05) is 29.7 Å². The molecule has 4 rings (SSSR count). The van der Waals surface area contributed by atoms with E-state index in [1.165, 1.54) is 46.8 Å². The Balaban J connectivity index is 1.42. The largest absolute Gasteiger partial charge is 0.467 e. The normalized spacial score (nSPS) is 10.6. The molecule has 2 aromatic carbocycles. The van der Waals surface area contributed by atoms with Crippen LogP contribution >= 0.6 is 11.3 Å². The van der Waals surface area contributed by atoms with Crippen molar-refractivity contribution in [1.29, 1.82) is 0 Å². The second-order valence-electron chi connectivity index (χ2n) is 7.64. The van der Waals surface area contributed by atoms with Gasteiger partial charge < -0.3 is 20.0 Å². The number of hydrogen-bond acceptors (Lipinski definition) is 6. The van der Waals surface area contributed by atoms with Gasteiger partial charge in [0.2, 0.25) is 5.91 Å². The van der Waals surface area contributed by atoms with Crippen LogP contribution in [0.1, 0.15) is 28.2 Å². The molecule has 0 aliphatic rings. The fourth-order valence-corrected chi connectivity index (χ4v) is 3.98. The summed E-state index contributed by atoms with van der Waals surface area (Å²) in [4.78, 5) is 31.6. The molecular formula is C25H23FN4O3S. The summed E-state index contributed by atoms with van der Waals surface area (Å²) < 4.78 is 18.5. The molecule has 7 nitrogen and oxygen atoms in total. The highest BCUT2D eigenvalue weighted by atomic mass is 32.1. The Kier molecular flexibility index (Phi) is 7.34. The average Bonchev–Trinajstić information content (AvgIpc) is 3.50. The first-order valence-electron chi connectivity index (χ1n) is 10.6. The first kappa shape index (κ1) is 23.2. The van der Waals surface area contributed by atoms with Crippen molar-refractivity contribution in [3.05, 3.63) is 95.1 Å². The second-order valence-corrected chi connectivity index (χ2v) is 8.50. The summed E-state index contributed by atoms with van der Waals surface area (Å²) >= 11 is 1.33. The first-order chi connectivity index (χ1) is 16.5. The summed E-state index contributed by atoms with van der Waals surface area (Å²) in [6.07, 6.45) is 1.59. The molecule has 0 saturated heterocycles. The van der Waals surface area contributed by atoms with E-state index in [9.17, 15) is 14.0 Å². The number of thiazole rings is 1. The lowest BCUT2D eigenvalue weighted by atomic mass is 10.2. The Morgan fingerprint density at radius 2 is 1.91 bits per heavy atom. The summed E-state index contributed by atoms with van der Waals surface area (Å²) in [6.45, 7) is 2.36. The third kappa shape index (κ3) is 6.29. The van der Waals surface area contributed by atoms with E-state index in [2.05, 4.69) is 15.6 Å². The minimum atomic E-state index is -0.382. The van der Waals surface area contributed by atoms with Crippen LogP contribution in [0.3, 0.4) is 0 Å². The number of nitrogens with zero attached hydrogens (tertiary/aromatic N) is 2. The second kappa shape index (κ2) is 10.8. The van der Waals surface area contributed by atoms with Crippen LogP contribution in [0.2, 0.25) is 0 Å². The molecule has 0 fully saturated rings. The van der Waals surface area contributed by atoms with Gasteiger partial charge in [0.15, 0.2) is 5.13 Å². The number of benzene rings is 2. The smallest absolute Gasteiger partial charge is 0.273 e. The zero-order chi connectivity index (χ0) is 23.9. The molecule has 0 radical (unpaired) electrons. The monoisotopic (exact) mass is 478 g/mol. The predicted octanol–water partition coefficient (Wildman–Crippen LogP) is 5.60. The van der Waals surface area contributed by atoms with E-state index in [4.69, 9.17) is 4.42 Å². The standard InChI is InChI=1S/C25H23FN4O3S/c1-17-4-2-5-20(14-17)28-25-29-22(16-34-25)24(32)30(15-21-6-3-13-33-21)12-11-23(31)27-19-9-7-18(26)8-10-19/h2-10,13-14,16H,11-12,15H2,1H3,(H,27,31)(H,28,29). The van der Waals surface area contributed by atoms with Gasteiger partial charge in [-0.2, -0.15) is 0 Å². The lowest BCUT2D eigenvalue weighted by Crippen LogP contribution is -2.33. The van der Waals surface area contributed by atoms with Crippen molar-refractivity contribution < 1.29 is 18.4 Å². The van der Waals surface area contributed by atoms with Gasteiger partial charge in [0.1, 0.15) is 17.3 Å². The topological polar surface area (TPSA) is 87.5 Å². The van der Waals surface area contributed by atoms with Crippen LogP contribution in [0.15, 0.2) is 76.7 Å². The third-order valence-corrected chi connectivity index (χ3v) is 5.70. The minimum absolute atomic E-state index is 0.0579. The van der Waals surface area contributed by atoms with Gasteiger partial charge in [0.05, 0.1) is 12.8 Å². The maximum Gasteiger partial charge on any atom is 0.273 e. The van der Waals surface area contributed by atoms with E-state index >= 15 is 0 Å². The van der Waals surface area contributed by atoms with Crippen molar-refractivity contribution in [2.75, 3.05) is 17.2 Å². The maximum atomic E-state index is 13.2. The van der Waals surface area contributed by atoms with Crippen LogP contribution in [0.25, 0.3) is 0 Å². The fourth-order valence-electron chi connectivity index (χ4n) is 3.27. The number of aryl methyl sites for hydroxylation is 1. The Hall–Kier alpha value is -3.98. The van der Waals surface area contributed by atoms with Crippen molar-refractivity contribution >= 4 is 39.7 Å². The number of nitrogens with one attached hydrogen (secondary N) is 2. The van der Waals surface area contributed by atoms with E-state index in [1.807, 2.05) is 31.2 Å². The number of rotatable bonds is 9. The summed E-state index contributed by atoms with van der Waals surface area (Å²) in [5.74, 6) is -0.378. The quantitative estimate of drug-likeness (QED) is 0.327. The third-order valence-electron chi connectivity index (χ3n) is 4.94. The number of furan rings is 1. The molecule has 174 valence electrons. The van der Waals surface area contributed by atoms with Crippen molar-refractivity contribution in [2.24, 2.45) is 0 Å². The van der Waals surface area contributed by atoms with E-state index < -0.39 is 0 Å². The van der Waals surface area contributed by atoms with Crippen molar-refractivity contribution in [3.63, 3.8) is 0 Å². The molecule has 2 aromatic heterocycles. The van der Waals surface area contributed by atoms with Crippen LogP contribution in [0.5, 0.6) is 0 Å². The van der Waals surface area contributed by atoms with Gasteiger partial charge in [0.25, 0.3) is 5.91 Å². The molecule has 9 heteroatoms. The predicted molar refractivity (Wildman–Crippen MR) is 130 cm³/mol. The molecule has 0 bridgehead atoms. The molecule has 0 aliphatic carbocycles. The van der Waals surface area contributed by atoms with Gasteiger partial charge in [-0.3, -0.25) is 9.59 Å².